The van der Waals surface area contributed by atoms with E-state index in [4.69, 9.17) is 15.8 Å². The maximum atomic E-state index is 12.4. The fourth-order valence-corrected chi connectivity index (χ4v) is 3.28. The van der Waals surface area contributed by atoms with Crippen molar-refractivity contribution in [2.24, 2.45) is 14.1 Å². The van der Waals surface area contributed by atoms with Gasteiger partial charge in [-0.05, 0) is 31.2 Å². The summed E-state index contributed by atoms with van der Waals surface area (Å²) in [5.74, 6) is 0.0136. The van der Waals surface area contributed by atoms with Gasteiger partial charge < -0.3 is 4.18 Å². The summed E-state index contributed by atoms with van der Waals surface area (Å²) in [7, 11) is -1.81. The molecular weight excluding hydrogens is 332 g/mol. The van der Waals surface area contributed by atoms with Crippen LogP contribution in [0.5, 0.6) is 5.75 Å². The lowest BCUT2D eigenvalue weighted by molar-refractivity contribution is 0.478. The second kappa shape index (κ2) is 5.62. The van der Waals surface area contributed by atoms with Gasteiger partial charge in [0, 0.05) is 24.8 Å². The number of nitrogens with zero attached hydrogens (tertiary/aromatic N) is 2. The first-order valence-electron chi connectivity index (χ1n) is 6.12. The highest BCUT2D eigenvalue weighted by molar-refractivity contribution is 7.87. The van der Waals surface area contributed by atoms with Crippen LogP contribution in [0.25, 0.3) is 0 Å². The van der Waals surface area contributed by atoms with E-state index < -0.39 is 26.3 Å². The minimum absolute atomic E-state index is 0.00191. The number of halogens is 1. The second-order valence-corrected chi connectivity index (χ2v) is 6.53. The fraction of sp³-hybridized carbons (Fsp3) is 0.231. The van der Waals surface area contributed by atoms with E-state index in [2.05, 4.69) is 0 Å². The van der Waals surface area contributed by atoms with E-state index in [1.54, 1.807) is 0 Å². The first kappa shape index (κ1) is 16.3. The molecule has 7 nitrogen and oxygen atoms in total. The molecule has 0 aliphatic rings. The van der Waals surface area contributed by atoms with Crippen LogP contribution < -0.4 is 15.4 Å². The molecule has 0 saturated carbocycles. The van der Waals surface area contributed by atoms with Crippen LogP contribution in [0.3, 0.4) is 0 Å². The summed E-state index contributed by atoms with van der Waals surface area (Å²) in [4.78, 5) is 23.3. The Morgan fingerprint density at radius 1 is 1.05 bits per heavy atom. The largest absolute Gasteiger partial charge is 0.379 e. The van der Waals surface area contributed by atoms with Gasteiger partial charge in [-0.25, -0.2) is 4.79 Å². The molecule has 0 saturated heterocycles. The van der Waals surface area contributed by atoms with Crippen LogP contribution in [0.4, 0.5) is 0 Å². The summed E-state index contributed by atoms with van der Waals surface area (Å²) < 4.78 is 31.4. The lowest BCUT2D eigenvalue weighted by Crippen LogP contribution is -2.41. The number of benzene rings is 1. The van der Waals surface area contributed by atoms with Crippen LogP contribution >= 0.6 is 11.6 Å². The fourth-order valence-electron chi connectivity index (χ4n) is 1.86. The minimum Gasteiger partial charge on any atom is -0.379 e. The molecule has 9 heteroatoms. The van der Waals surface area contributed by atoms with Gasteiger partial charge in [-0.15, -0.1) is 0 Å². The van der Waals surface area contributed by atoms with Crippen LogP contribution in [0.15, 0.2) is 38.8 Å². The van der Waals surface area contributed by atoms with Crippen LogP contribution in [0, 0.1) is 6.92 Å². The molecule has 0 aliphatic heterocycles. The zero-order chi connectivity index (χ0) is 16.7. The Morgan fingerprint density at radius 2 is 1.59 bits per heavy atom. The van der Waals surface area contributed by atoms with Crippen molar-refractivity contribution in [3.8, 4) is 5.75 Å². The maximum Gasteiger partial charge on any atom is 0.346 e. The van der Waals surface area contributed by atoms with E-state index in [1.165, 1.54) is 45.3 Å². The SMILES string of the molecule is Cc1c(S(=O)(=O)Oc2ccc(Cl)cc2)c(=O)n(C)c(=O)n1C. The van der Waals surface area contributed by atoms with E-state index in [-0.39, 0.29) is 11.4 Å². The molecule has 0 bridgehead atoms. The molecule has 1 aromatic heterocycles. The zero-order valence-corrected chi connectivity index (χ0v) is 13.6. The Morgan fingerprint density at radius 3 is 2.14 bits per heavy atom. The molecule has 1 heterocycles. The first-order chi connectivity index (χ1) is 10.1. The molecule has 2 rings (SSSR count). The van der Waals surface area contributed by atoms with Gasteiger partial charge in [-0.3, -0.25) is 13.9 Å². The van der Waals surface area contributed by atoms with Gasteiger partial charge in [0.15, 0.2) is 4.90 Å². The van der Waals surface area contributed by atoms with Gasteiger partial charge >= 0.3 is 15.8 Å². The lowest BCUT2D eigenvalue weighted by Gasteiger charge is -2.12. The predicted octanol–water partition coefficient (Wildman–Crippen LogP) is 0.814. The van der Waals surface area contributed by atoms with Crippen molar-refractivity contribution >= 4 is 21.7 Å². The molecule has 0 N–H and O–H groups in total. The number of hydrogen-bond donors (Lipinski definition) is 0. The Hall–Kier alpha value is -2.06. The molecule has 22 heavy (non-hydrogen) atoms. The average molecular weight is 345 g/mol. The van der Waals surface area contributed by atoms with Crippen molar-refractivity contribution < 1.29 is 12.6 Å². The third-order valence-corrected chi connectivity index (χ3v) is 4.81. The van der Waals surface area contributed by atoms with Crippen molar-refractivity contribution in [2.45, 2.75) is 11.8 Å². The van der Waals surface area contributed by atoms with Crippen molar-refractivity contribution in [3.63, 3.8) is 0 Å². The molecular formula is C13H13ClN2O5S. The summed E-state index contributed by atoms with van der Waals surface area (Å²) >= 11 is 5.71. The second-order valence-electron chi connectivity index (χ2n) is 4.61. The monoisotopic (exact) mass is 344 g/mol. The van der Waals surface area contributed by atoms with Gasteiger partial charge in [-0.1, -0.05) is 11.6 Å². The predicted molar refractivity (Wildman–Crippen MR) is 80.9 cm³/mol. The summed E-state index contributed by atoms with van der Waals surface area (Å²) in [5.41, 5.74) is -1.55. The average Bonchev–Trinajstić information content (AvgIpc) is 2.45. The van der Waals surface area contributed by atoms with E-state index >= 15 is 0 Å². The van der Waals surface area contributed by atoms with Gasteiger partial charge in [-0.2, -0.15) is 8.42 Å². The lowest BCUT2D eigenvalue weighted by atomic mass is 10.3. The Bertz CT molecular complexity index is 942. The number of hydrogen-bond acceptors (Lipinski definition) is 5. The molecule has 118 valence electrons. The third-order valence-electron chi connectivity index (χ3n) is 3.17. The molecule has 2 aromatic rings. The topological polar surface area (TPSA) is 87.4 Å². The molecule has 0 unspecified atom stereocenters. The molecule has 0 spiro atoms. The van der Waals surface area contributed by atoms with Crippen LogP contribution in [-0.4, -0.2) is 17.6 Å². The normalized spacial score (nSPS) is 11.5. The van der Waals surface area contributed by atoms with Crippen molar-refractivity contribution in [2.75, 3.05) is 0 Å². The standard InChI is InChI=1S/C13H13ClN2O5S/c1-8-11(12(17)16(3)13(18)15(8)2)22(19,20)21-10-6-4-9(14)5-7-10/h4-7H,1-3H3. The smallest absolute Gasteiger partial charge is 0.346 e. The van der Waals surface area contributed by atoms with Crippen molar-refractivity contribution in [3.05, 3.63) is 55.8 Å². The molecule has 0 fully saturated rings. The van der Waals surface area contributed by atoms with Crippen LogP contribution in [0.2, 0.25) is 5.02 Å². The first-order valence-corrected chi connectivity index (χ1v) is 7.90. The third kappa shape index (κ3) is 2.79. The Kier molecular flexibility index (Phi) is 4.17. The molecule has 0 amide bonds. The van der Waals surface area contributed by atoms with Gasteiger partial charge in [0.1, 0.15) is 5.75 Å². The quantitative estimate of drug-likeness (QED) is 0.769. The van der Waals surface area contributed by atoms with Gasteiger partial charge in [0.2, 0.25) is 0 Å². The highest BCUT2D eigenvalue weighted by Crippen LogP contribution is 2.20. The highest BCUT2D eigenvalue weighted by Gasteiger charge is 2.27. The summed E-state index contributed by atoms with van der Waals surface area (Å²) in [6.45, 7) is 1.36. The van der Waals surface area contributed by atoms with Crippen LogP contribution in [0.1, 0.15) is 5.69 Å². The number of aromatic nitrogens is 2. The Labute approximate surface area is 131 Å². The van der Waals surface area contributed by atoms with Gasteiger partial charge in [0.25, 0.3) is 5.56 Å². The van der Waals surface area contributed by atoms with E-state index in [1.807, 2.05) is 0 Å². The minimum atomic E-state index is -4.39. The highest BCUT2D eigenvalue weighted by atomic mass is 35.5. The summed E-state index contributed by atoms with van der Waals surface area (Å²) in [5, 5.41) is 0.416. The Balaban J connectivity index is 2.62. The molecule has 0 radical (unpaired) electrons. The summed E-state index contributed by atoms with van der Waals surface area (Å²) in [6.07, 6.45) is 0. The zero-order valence-electron chi connectivity index (χ0n) is 12.0. The van der Waals surface area contributed by atoms with Crippen molar-refractivity contribution in [1.82, 2.24) is 9.13 Å². The van der Waals surface area contributed by atoms with Gasteiger partial charge in [0.05, 0.1) is 0 Å². The molecule has 1 aromatic carbocycles. The van der Waals surface area contributed by atoms with Crippen LogP contribution in [-0.2, 0) is 24.2 Å². The maximum absolute atomic E-state index is 12.4. The van der Waals surface area contributed by atoms with Crippen molar-refractivity contribution in [1.29, 1.82) is 0 Å². The molecule has 0 atom stereocenters. The van der Waals surface area contributed by atoms with E-state index in [0.29, 0.717) is 9.59 Å². The van der Waals surface area contributed by atoms with E-state index in [9.17, 15) is 18.0 Å². The summed E-state index contributed by atoms with van der Waals surface area (Å²) in [6, 6.07) is 5.64. The van der Waals surface area contributed by atoms with E-state index in [0.717, 1.165) is 4.57 Å². The number of rotatable bonds is 3. The molecule has 0 aliphatic carbocycles.